The van der Waals surface area contributed by atoms with Crippen molar-refractivity contribution in [3.63, 3.8) is 0 Å². The van der Waals surface area contributed by atoms with Crippen LogP contribution in [0.2, 0.25) is 0 Å². The Labute approximate surface area is 161 Å². The van der Waals surface area contributed by atoms with Gasteiger partial charge in [0.25, 0.3) is 0 Å². The average Bonchev–Trinajstić information content (AvgIpc) is 2.69. The second kappa shape index (κ2) is 8.23. The highest BCUT2D eigenvalue weighted by Crippen LogP contribution is 2.25. The topological polar surface area (TPSA) is 57.7 Å². The van der Waals surface area contributed by atoms with Crippen LogP contribution in [0.15, 0.2) is 54.6 Å². The number of carbonyl (C=O) groups excluding carboxylic acids is 1. The van der Waals surface area contributed by atoms with Crippen LogP contribution < -0.4 is 4.90 Å². The number of aryl methyl sites for hydroxylation is 1. The standard InChI is InChI=1S/C21H26N2O3S/c1-17-8-6-7-9-19(17)16-27(25,26)23-14-12-18(13-15-23)21(24)22(2)20-10-4-3-5-11-20/h3-11,18H,12-16H2,1-2H3. The van der Waals surface area contributed by atoms with Crippen molar-refractivity contribution >= 4 is 21.6 Å². The van der Waals surface area contributed by atoms with Crippen molar-refractivity contribution in [3.05, 3.63) is 65.7 Å². The Bertz CT molecular complexity index is 889. The summed E-state index contributed by atoms with van der Waals surface area (Å²) >= 11 is 0. The van der Waals surface area contributed by atoms with E-state index in [1.54, 1.807) is 11.9 Å². The SMILES string of the molecule is Cc1ccccc1CS(=O)(=O)N1CCC(C(=O)N(C)c2ccccc2)CC1. The summed E-state index contributed by atoms with van der Waals surface area (Å²) in [5.74, 6) is -0.0698. The molecular formula is C21H26N2O3S. The summed E-state index contributed by atoms with van der Waals surface area (Å²) in [7, 11) is -1.60. The fraction of sp³-hybridized carbons (Fsp3) is 0.381. The quantitative estimate of drug-likeness (QED) is 0.793. The van der Waals surface area contributed by atoms with Crippen LogP contribution in [-0.4, -0.2) is 38.8 Å². The number of nitrogens with zero attached hydrogens (tertiary/aromatic N) is 2. The van der Waals surface area contributed by atoms with Gasteiger partial charge >= 0.3 is 0 Å². The molecule has 0 saturated carbocycles. The van der Waals surface area contributed by atoms with Gasteiger partial charge in [0.2, 0.25) is 15.9 Å². The summed E-state index contributed by atoms with van der Waals surface area (Å²) in [6, 6.07) is 17.1. The summed E-state index contributed by atoms with van der Waals surface area (Å²) in [6.07, 6.45) is 1.12. The molecule has 0 aromatic heterocycles. The molecule has 0 N–H and O–H groups in total. The molecule has 2 aromatic carbocycles. The van der Waals surface area contributed by atoms with Crippen LogP contribution in [0.4, 0.5) is 5.69 Å². The van der Waals surface area contributed by atoms with Crippen molar-refractivity contribution in [1.82, 2.24) is 4.31 Å². The molecule has 27 heavy (non-hydrogen) atoms. The molecule has 1 amide bonds. The highest BCUT2D eigenvalue weighted by molar-refractivity contribution is 7.88. The Morgan fingerprint density at radius 1 is 1.04 bits per heavy atom. The van der Waals surface area contributed by atoms with Crippen LogP contribution >= 0.6 is 0 Å². The van der Waals surface area contributed by atoms with Gasteiger partial charge in [0.15, 0.2) is 0 Å². The number of hydrogen-bond acceptors (Lipinski definition) is 3. The maximum Gasteiger partial charge on any atom is 0.229 e. The lowest BCUT2D eigenvalue weighted by Crippen LogP contribution is -2.43. The van der Waals surface area contributed by atoms with Gasteiger partial charge in [-0.2, -0.15) is 0 Å². The van der Waals surface area contributed by atoms with Crippen molar-refractivity contribution < 1.29 is 13.2 Å². The predicted octanol–water partition coefficient (Wildman–Crippen LogP) is 3.20. The number of anilines is 1. The van der Waals surface area contributed by atoms with Gasteiger partial charge in [-0.3, -0.25) is 4.79 Å². The second-order valence-electron chi connectivity index (χ2n) is 7.09. The minimum absolute atomic E-state index is 0.0161. The van der Waals surface area contributed by atoms with E-state index in [9.17, 15) is 13.2 Å². The van der Waals surface area contributed by atoms with E-state index in [-0.39, 0.29) is 17.6 Å². The molecule has 1 aliphatic heterocycles. The summed E-state index contributed by atoms with van der Waals surface area (Å²) in [6.45, 7) is 2.72. The highest BCUT2D eigenvalue weighted by atomic mass is 32.2. The third kappa shape index (κ3) is 4.57. The van der Waals surface area contributed by atoms with Gasteiger partial charge in [0, 0.05) is 31.7 Å². The van der Waals surface area contributed by atoms with Crippen molar-refractivity contribution in [2.24, 2.45) is 5.92 Å². The molecule has 0 aliphatic carbocycles. The fourth-order valence-corrected chi connectivity index (χ4v) is 5.16. The summed E-state index contributed by atoms with van der Waals surface area (Å²) < 4.78 is 27.1. The first-order valence-corrected chi connectivity index (χ1v) is 10.8. The number of amides is 1. The molecule has 0 atom stereocenters. The number of para-hydroxylation sites is 1. The zero-order valence-corrected chi connectivity index (χ0v) is 16.7. The highest BCUT2D eigenvalue weighted by Gasteiger charge is 2.32. The third-order valence-electron chi connectivity index (χ3n) is 5.27. The zero-order valence-electron chi connectivity index (χ0n) is 15.8. The van der Waals surface area contributed by atoms with Crippen LogP contribution in [0.5, 0.6) is 0 Å². The first-order chi connectivity index (χ1) is 12.9. The van der Waals surface area contributed by atoms with E-state index in [2.05, 4.69) is 0 Å². The molecule has 1 saturated heterocycles. The first kappa shape index (κ1) is 19.6. The van der Waals surface area contributed by atoms with Crippen LogP contribution in [0.1, 0.15) is 24.0 Å². The van der Waals surface area contributed by atoms with Gasteiger partial charge in [0.1, 0.15) is 0 Å². The molecule has 0 bridgehead atoms. The van der Waals surface area contributed by atoms with Gasteiger partial charge < -0.3 is 4.90 Å². The van der Waals surface area contributed by atoms with E-state index in [0.717, 1.165) is 16.8 Å². The normalized spacial score (nSPS) is 16.2. The van der Waals surface area contributed by atoms with Gasteiger partial charge in [-0.15, -0.1) is 0 Å². The van der Waals surface area contributed by atoms with Gasteiger partial charge in [-0.05, 0) is 43.0 Å². The van der Waals surface area contributed by atoms with E-state index in [4.69, 9.17) is 0 Å². The number of carbonyl (C=O) groups is 1. The van der Waals surface area contributed by atoms with E-state index < -0.39 is 10.0 Å². The summed E-state index contributed by atoms with van der Waals surface area (Å²) in [5, 5.41) is 0. The van der Waals surface area contributed by atoms with Crippen LogP contribution in [0.3, 0.4) is 0 Å². The van der Waals surface area contributed by atoms with Crippen molar-refractivity contribution in [1.29, 1.82) is 0 Å². The number of piperidine rings is 1. The van der Waals surface area contributed by atoms with E-state index >= 15 is 0 Å². The maximum atomic E-state index is 12.8. The summed E-state index contributed by atoms with van der Waals surface area (Å²) in [5.41, 5.74) is 2.67. The van der Waals surface area contributed by atoms with Gasteiger partial charge in [0.05, 0.1) is 5.75 Å². The van der Waals surface area contributed by atoms with Crippen LogP contribution in [-0.2, 0) is 20.6 Å². The second-order valence-corrected chi connectivity index (χ2v) is 9.06. The third-order valence-corrected chi connectivity index (χ3v) is 7.10. The number of benzene rings is 2. The monoisotopic (exact) mass is 386 g/mol. The first-order valence-electron chi connectivity index (χ1n) is 9.23. The molecule has 1 heterocycles. The average molecular weight is 387 g/mol. The number of sulfonamides is 1. The Morgan fingerprint density at radius 2 is 1.63 bits per heavy atom. The van der Waals surface area contributed by atoms with E-state index in [0.29, 0.717) is 25.9 Å². The van der Waals surface area contributed by atoms with Crippen LogP contribution in [0, 0.1) is 12.8 Å². The maximum absolute atomic E-state index is 12.8. The lowest BCUT2D eigenvalue weighted by Gasteiger charge is -2.32. The number of hydrogen-bond donors (Lipinski definition) is 0. The molecule has 0 radical (unpaired) electrons. The lowest BCUT2D eigenvalue weighted by molar-refractivity contribution is -0.123. The molecule has 3 rings (SSSR count). The van der Waals surface area contributed by atoms with Crippen LogP contribution in [0.25, 0.3) is 0 Å². The molecule has 1 fully saturated rings. The van der Waals surface area contributed by atoms with Crippen molar-refractivity contribution in [2.45, 2.75) is 25.5 Å². The Balaban J connectivity index is 1.61. The minimum Gasteiger partial charge on any atom is -0.315 e. The smallest absolute Gasteiger partial charge is 0.229 e. The predicted molar refractivity (Wildman–Crippen MR) is 108 cm³/mol. The molecular weight excluding hydrogens is 360 g/mol. The van der Waals surface area contributed by atoms with Crippen molar-refractivity contribution in [2.75, 3.05) is 25.0 Å². The molecule has 2 aromatic rings. The van der Waals surface area contributed by atoms with E-state index in [1.165, 1.54) is 4.31 Å². The Kier molecular flexibility index (Phi) is 5.97. The largest absolute Gasteiger partial charge is 0.315 e. The van der Waals surface area contributed by atoms with Gasteiger partial charge in [-0.1, -0.05) is 42.5 Å². The Hall–Kier alpha value is -2.18. The number of rotatable bonds is 5. The van der Waals surface area contributed by atoms with Gasteiger partial charge in [-0.25, -0.2) is 12.7 Å². The van der Waals surface area contributed by atoms with E-state index in [1.807, 2.05) is 61.5 Å². The molecule has 6 heteroatoms. The molecule has 0 unspecified atom stereocenters. The molecule has 1 aliphatic rings. The fourth-order valence-electron chi connectivity index (χ4n) is 3.49. The van der Waals surface area contributed by atoms with Crippen molar-refractivity contribution in [3.8, 4) is 0 Å². The molecule has 0 spiro atoms. The summed E-state index contributed by atoms with van der Waals surface area (Å²) in [4.78, 5) is 14.4. The Morgan fingerprint density at radius 3 is 2.26 bits per heavy atom. The molecule has 5 nitrogen and oxygen atoms in total. The minimum atomic E-state index is -3.37. The molecule has 144 valence electrons. The lowest BCUT2D eigenvalue weighted by atomic mass is 9.96. The zero-order chi connectivity index (χ0) is 19.4.